The Kier molecular flexibility index (Phi) is 6.12. The second kappa shape index (κ2) is 8.57. The van der Waals surface area contributed by atoms with Gasteiger partial charge in [-0.3, -0.25) is 9.59 Å². The number of nitrogens with zero attached hydrogens (tertiary/aromatic N) is 2. The zero-order valence-corrected chi connectivity index (χ0v) is 16.9. The normalized spacial score (nSPS) is 11.9. The molecule has 3 aromatic rings. The average molecular weight is 415 g/mol. The third-order valence-corrected chi connectivity index (χ3v) is 5.39. The summed E-state index contributed by atoms with van der Waals surface area (Å²) in [6, 6.07) is 11.3. The first-order valence-corrected chi connectivity index (χ1v) is 9.73. The Hall–Kier alpha value is -3.00. The van der Waals surface area contributed by atoms with Crippen molar-refractivity contribution >= 4 is 23.4 Å². The number of thioether (sulfide) groups is 1. The fraction of sp³-hybridized carbons (Fsp3) is 0.190. The summed E-state index contributed by atoms with van der Waals surface area (Å²) in [5.74, 6) is -1.88. The second-order valence-corrected chi connectivity index (χ2v) is 7.92. The molecule has 0 aliphatic carbocycles. The van der Waals surface area contributed by atoms with Crippen LogP contribution in [0.3, 0.4) is 0 Å². The van der Waals surface area contributed by atoms with E-state index in [-0.39, 0.29) is 11.2 Å². The van der Waals surface area contributed by atoms with E-state index in [1.54, 1.807) is 13.0 Å². The summed E-state index contributed by atoms with van der Waals surface area (Å²) in [6.07, 6.45) is 0. The van der Waals surface area contributed by atoms with Gasteiger partial charge in [0, 0.05) is 12.1 Å². The molecular formula is C21H19F2N3O2S. The van der Waals surface area contributed by atoms with Crippen LogP contribution in [-0.4, -0.2) is 20.9 Å². The van der Waals surface area contributed by atoms with Gasteiger partial charge in [0.15, 0.2) is 0 Å². The topological polar surface area (TPSA) is 64.0 Å². The number of hydrogen-bond donors (Lipinski definition) is 1. The Morgan fingerprint density at radius 3 is 2.55 bits per heavy atom. The van der Waals surface area contributed by atoms with Crippen LogP contribution in [-0.2, 0) is 4.79 Å². The van der Waals surface area contributed by atoms with Crippen molar-refractivity contribution in [2.45, 2.75) is 31.0 Å². The molecule has 1 amide bonds. The smallest absolute Gasteiger partial charge is 0.271 e. The maximum atomic E-state index is 13.7. The number of benzene rings is 2. The van der Waals surface area contributed by atoms with E-state index >= 15 is 0 Å². The van der Waals surface area contributed by atoms with Crippen molar-refractivity contribution < 1.29 is 13.6 Å². The highest BCUT2D eigenvalue weighted by atomic mass is 32.2. The number of rotatable bonds is 5. The van der Waals surface area contributed by atoms with Crippen LogP contribution >= 0.6 is 11.8 Å². The van der Waals surface area contributed by atoms with Crippen LogP contribution in [0.15, 0.2) is 58.4 Å². The highest BCUT2D eigenvalue weighted by molar-refractivity contribution is 8.00. The first-order valence-electron chi connectivity index (χ1n) is 8.85. The summed E-state index contributed by atoms with van der Waals surface area (Å²) in [6.45, 7) is 5.54. The first kappa shape index (κ1) is 20.7. The van der Waals surface area contributed by atoms with E-state index in [0.29, 0.717) is 10.7 Å². The molecule has 1 unspecified atom stereocenters. The number of aryl methyl sites for hydroxylation is 2. The minimum absolute atomic E-state index is 0.226. The van der Waals surface area contributed by atoms with Crippen molar-refractivity contribution in [3.63, 3.8) is 0 Å². The van der Waals surface area contributed by atoms with Gasteiger partial charge in [-0.2, -0.15) is 9.78 Å². The van der Waals surface area contributed by atoms with Crippen LogP contribution in [0.1, 0.15) is 18.1 Å². The molecule has 3 rings (SSSR count). The highest BCUT2D eigenvalue weighted by Gasteiger charge is 2.18. The largest absolute Gasteiger partial charge is 0.323 e. The summed E-state index contributed by atoms with van der Waals surface area (Å²) in [7, 11) is 0. The monoisotopic (exact) mass is 415 g/mol. The number of carbonyl (C=O) groups excluding carboxylic acids is 1. The van der Waals surface area contributed by atoms with Crippen molar-refractivity contribution in [2.75, 3.05) is 5.32 Å². The number of hydrogen-bond acceptors (Lipinski definition) is 4. The zero-order chi connectivity index (χ0) is 21.1. The van der Waals surface area contributed by atoms with Gasteiger partial charge in [-0.25, -0.2) is 8.78 Å². The molecule has 0 fully saturated rings. The number of amides is 1. The molecule has 0 aliphatic heterocycles. The van der Waals surface area contributed by atoms with Gasteiger partial charge in [0.25, 0.3) is 5.56 Å². The van der Waals surface area contributed by atoms with E-state index in [4.69, 9.17) is 0 Å². The molecule has 1 aromatic heterocycles. The lowest BCUT2D eigenvalue weighted by Gasteiger charge is -2.13. The number of anilines is 1. The molecule has 0 saturated carbocycles. The Bertz CT molecular complexity index is 1130. The van der Waals surface area contributed by atoms with Crippen LogP contribution in [0.2, 0.25) is 0 Å². The molecule has 150 valence electrons. The molecule has 1 atom stereocenters. The number of aromatic nitrogens is 2. The molecule has 0 radical (unpaired) electrons. The lowest BCUT2D eigenvalue weighted by atomic mass is 10.1. The summed E-state index contributed by atoms with van der Waals surface area (Å²) >= 11 is 1.11. The van der Waals surface area contributed by atoms with Crippen LogP contribution in [0.5, 0.6) is 0 Å². The van der Waals surface area contributed by atoms with Crippen molar-refractivity contribution in [3.05, 3.63) is 81.6 Å². The van der Waals surface area contributed by atoms with Gasteiger partial charge in [0.2, 0.25) is 5.91 Å². The number of halogens is 2. The molecular weight excluding hydrogens is 396 g/mol. The van der Waals surface area contributed by atoms with E-state index in [9.17, 15) is 18.4 Å². The van der Waals surface area contributed by atoms with Gasteiger partial charge < -0.3 is 5.32 Å². The van der Waals surface area contributed by atoms with E-state index < -0.39 is 22.8 Å². The van der Waals surface area contributed by atoms with Crippen molar-refractivity contribution in [3.8, 4) is 5.69 Å². The molecule has 0 spiro atoms. The molecule has 5 nitrogen and oxygen atoms in total. The van der Waals surface area contributed by atoms with Crippen molar-refractivity contribution in [1.82, 2.24) is 9.78 Å². The SMILES string of the molecule is Cc1ccc(-n2nc(SC(C)C(=O)Nc3cc(F)ccc3F)ccc2=O)cc1C. The van der Waals surface area contributed by atoms with Gasteiger partial charge >= 0.3 is 0 Å². The molecule has 0 saturated heterocycles. The van der Waals surface area contributed by atoms with Gasteiger partial charge in [-0.15, -0.1) is 0 Å². The van der Waals surface area contributed by atoms with Crippen LogP contribution in [0, 0.1) is 25.5 Å². The van der Waals surface area contributed by atoms with E-state index in [0.717, 1.165) is 41.1 Å². The number of nitrogens with one attached hydrogen (secondary N) is 1. The van der Waals surface area contributed by atoms with E-state index in [1.807, 2.05) is 26.0 Å². The lowest BCUT2D eigenvalue weighted by Crippen LogP contribution is -2.24. The Labute approximate surface area is 170 Å². The third kappa shape index (κ3) is 4.89. The quantitative estimate of drug-likeness (QED) is 0.633. The minimum Gasteiger partial charge on any atom is -0.323 e. The minimum atomic E-state index is -0.724. The summed E-state index contributed by atoms with van der Waals surface area (Å²) in [5.41, 5.74) is 2.23. The van der Waals surface area contributed by atoms with Gasteiger partial charge in [0.1, 0.15) is 16.7 Å². The second-order valence-electron chi connectivity index (χ2n) is 6.56. The maximum absolute atomic E-state index is 13.7. The van der Waals surface area contributed by atoms with Crippen molar-refractivity contribution in [1.29, 1.82) is 0 Å². The maximum Gasteiger partial charge on any atom is 0.271 e. The Morgan fingerprint density at radius 1 is 1.07 bits per heavy atom. The molecule has 8 heteroatoms. The summed E-state index contributed by atoms with van der Waals surface area (Å²) in [5, 5.41) is 6.49. The number of carbonyl (C=O) groups is 1. The average Bonchev–Trinajstić information content (AvgIpc) is 2.68. The van der Waals surface area contributed by atoms with Crippen molar-refractivity contribution in [2.24, 2.45) is 0 Å². The van der Waals surface area contributed by atoms with E-state index in [2.05, 4.69) is 10.4 Å². The standard InChI is InChI=1S/C21H19F2N3O2S/c1-12-4-6-16(10-13(12)2)26-20(27)9-8-19(25-26)29-14(3)21(28)24-18-11-15(22)5-7-17(18)23/h4-11,14H,1-3H3,(H,24,28). The predicted molar refractivity (Wildman–Crippen MR) is 110 cm³/mol. The van der Waals surface area contributed by atoms with Gasteiger partial charge in [0.05, 0.1) is 16.6 Å². The van der Waals surface area contributed by atoms with Gasteiger partial charge in [-0.1, -0.05) is 17.8 Å². The molecule has 1 N–H and O–H groups in total. The first-order chi connectivity index (χ1) is 13.7. The Balaban J connectivity index is 1.79. The lowest BCUT2D eigenvalue weighted by molar-refractivity contribution is -0.115. The fourth-order valence-corrected chi connectivity index (χ4v) is 3.37. The van der Waals surface area contributed by atoms with E-state index in [1.165, 1.54) is 16.8 Å². The van der Waals surface area contributed by atoms with Crippen LogP contribution in [0.4, 0.5) is 14.5 Å². The van der Waals surface area contributed by atoms with Crippen LogP contribution < -0.4 is 10.9 Å². The molecule has 0 bridgehead atoms. The summed E-state index contributed by atoms with van der Waals surface area (Å²) < 4.78 is 28.3. The molecule has 29 heavy (non-hydrogen) atoms. The Morgan fingerprint density at radius 2 is 1.83 bits per heavy atom. The third-order valence-electron chi connectivity index (χ3n) is 4.36. The predicted octanol–water partition coefficient (Wildman–Crippen LogP) is 4.25. The molecule has 0 aliphatic rings. The van der Waals surface area contributed by atoms with Crippen LogP contribution in [0.25, 0.3) is 5.69 Å². The molecule has 2 aromatic carbocycles. The van der Waals surface area contributed by atoms with Gasteiger partial charge in [-0.05, 0) is 62.2 Å². The zero-order valence-electron chi connectivity index (χ0n) is 16.1. The fourth-order valence-electron chi connectivity index (χ4n) is 2.56. The highest BCUT2D eigenvalue weighted by Crippen LogP contribution is 2.23. The molecule has 1 heterocycles. The summed E-state index contributed by atoms with van der Waals surface area (Å²) in [4.78, 5) is 24.6.